The van der Waals surface area contributed by atoms with Gasteiger partial charge >= 0.3 is 5.97 Å². The molecule has 0 unspecified atom stereocenters. The maximum absolute atomic E-state index is 12.3. The first-order valence-electron chi connectivity index (χ1n) is 6.91. The highest BCUT2D eigenvalue weighted by Gasteiger charge is 2.22. The van der Waals surface area contributed by atoms with Crippen molar-refractivity contribution in [3.8, 4) is 0 Å². The normalized spacial score (nSPS) is 11.2. The Balaban J connectivity index is 2.42. The lowest BCUT2D eigenvalue weighted by molar-refractivity contribution is 0.0527. The van der Waals surface area contributed by atoms with Crippen LogP contribution in [0.4, 0.5) is 0 Å². The second-order valence-electron chi connectivity index (χ2n) is 4.92. The molecule has 0 saturated carbocycles. The number of carbonyl (C=O) groups is 1. The molecule has 0 atom stereocenters. The number of aryl methyl sites for hydroxylation is 1. The molecule has 0 N–H and O–H groups in total. The predicted molar refractivity (Wildman–Crippen MR) is 89.0 cm³/mol. The Labute approximate surface area is 131 Å². The van der Waals surface area contributed by atoms with Crippen LogP contribution in [-0.4, -0.2) is 17.1 Å². The predicted octanol–water partition coefficient (Wildman–Crippen LogP) is 4.40. The van der Waals surface area contributed by atoms with E-state index in [9.17, 15) is 4.79 Å². The van der Waals surface area contributed by atoms with E-state index in [1.165, 1.54) is 5.39 Å². The summed E-state index contributed by atoms with van der Waals surface area (Å²) in [6, 6.07) is 12.3. The molecule has 0 radical (unpaired) electrons. The van der Waals surface area contributed by atoms with Crippen LogP contribution in [0.3, 0.4) is 0 Å². The standard InChI is InChI=1S/C17H16BrNO2/c1-3-21-17(20)15-13-9-8-11-6-4-5-7-12(11)16(13)19(2)14(15)10-18/h4-9H,3,10H2,1-2H3. The highest BCUT2D eigenvalue weighted by Crippen LogP contribution is 2.33. The lowest BCUT2D eigenvalue weighted by atomic mass is 10.0. The summed E-state index contributed by atoms with van der Waals surface area (Å²) in [6.45, 7) is 2.21. The molecule has 1 aromatic heterocycles. The Morgan fingerprint density at radius 3 is 2.67 bits per heavy atom. The van der Waals surface area contributed by atoms with Gasteiger partial charge in [-0.2, -0.15) is 0 Å². The molecule has 3 nitrogen and oxygen atoms in total. The van der Waals surface area contributed by atoms with E-state index in [2.05, 4.69) is 38.7 Å². The van der Waals surface area contributed by atoms with Crippen LogP contribution < -0.4 is 0 Å². The van der Waals surface area contributed by atoms with Crippen LogP contribution in [0.25, 0.3) is 21.7 Å². The smallest absolute Gasteiger partial charge is 0.340 e. The van der Waals surface area contributed by atoms with Gasteiger partial charge in [0, 0.05) is 28.8 Å². The number of hydrogen-bond donors (Lipinski definition) is 0. The number of ether oxygens (including phenoxy) is 1. The minimum Gasteiger partial charge on any atom is -0.462 e. The van der Waals surface area contributed by atoms with Crippen molar-refractivity contribution < 1.29 is 9.53 Å². The summed E-state index contributed by atoms with van der Waals surface area (Å²) >= 11 is 3.49. The van der Waals surface area contributed by atoms with Gasteiger partial charge in [0.1, 0.15) is 0 Å². The lowest BCUT2D eigenvalue weighted by Gasteiger charge is -2.04. The van der Waals surface area contributed by atoms with Crippen LogP contribution in [0.1, 0.15) is 23.0 Å². The molecular weight excluding hydrogens is 330 g/mol. The molecule has 0 amide bonds. The molecule has 0 aliphatic rings. The largest absolute Gasteiger partial charge is 0.462 e. The number of carbonyl (C=O) groups excluding carboxylic acids is 1. The average Bonchev–Trinajstić information content (AvgIpc) is 2.80. The summed E-state index contributed by atoms with van der Waals surface area (Å²) in [7, 11) is 1.99. The van der Waals surface area contributed by atoms with Crippen molar-refractivity contribution in [1.82, 2.24) is 4.57 Å². The number of esters is 1. The van der Waals surface area contributed by atoms with Crippen molar-refractivity contribution in [1.29, 1.82) is 0 Å². The Kier molecular flexibility index (Phi) is 3.72. The second kappa shape index (κ2) is 5.53. The van der Waals surface area contributed by atoms with Gasteiger partial charge in [0.15, 0.2) is 0 Å². The van der Waals surface area contributed by atoms with Gasteiger partial charge < -0.3 is 9.30 Å². The minimum absolute atomic E-state index is 0.257. The first-order valence-corrected chi connectivity index (χ1v) is 8.03. The average molecular weight is 346 g/mol. The van der Waals surface area contributed by atoms with Crippen LogP contribution >= 0.6 is 15.9 Å². The fourth-order valence-corrected chi connectivity index (χ4v) is 3.52. The van der Waals surface area contributed by atoms with E-state index in [0.29, 0.717) is 17.5 Å². The van der Waals surface area contributed by atoms with Crippen LogP contribution in [0, 0.1) is 0 Å². The van der Waals surface area contributed by atoms with Crippen LogP contribution in [-0.2, 0) is 17.1 Å². The van der Waals surface area contributed by atoms with Gasteiger partial charge in [-0.05, 0) is 12.3 Å². The van der Waals surface area contributed by atoms with Crippen LogP contribution in [0.15, 0.2) is 36.4 Å². The minimum atomic E-state index is -0.257. The molecule has 2 aromatic carbocycles. The molecule has 1 heterocycles. The van der Waals surface area contributed by atoms with Crippen molar-refractivity contribution in [2.24, 2.45) is 7.05 Å². The second-order valence-corrected chi connectivity index (χ2v) is 5.48. The van der Waals surface area contributed by atoms with Crippen molar-refractivity contribution in [2.75, 3.05) is 6.61 Å². The van der Waals surface area contributed by atoms with Gasteiger partial charge in [-0.15, -0.1) is 0 Å². The summed E-state index contributed by atoms with van der Waals surface area (Å²) in [6.07, 6.45) is 0. The summed E-state index contributed by atoms with van der Waals surface area (Å²) < 4.78 is 7.31. The van der Waals surface area contributed by atoms with Gasteiger partial charge in [-0.25, -0.2) is 4.79 Å². The fourth-order valence-electron chi connectivity index (χ4n) is 2.86. The number of rotatable bonds is 3. The zero-order valence-corrected chi connectivity index (χ0v) is 13.6. The number of hydrogen-bond acceptors (Lipinski definition) is 2. The number of aromatic nitrogens is 1. The number of benzene rings is 2. The molecule has 0 fully saturated rings. The molecule has 0 aliphatic carbocycles. The number of alkyl halides is 1. The fraction of sp³-hybridized carbons (Fsp3) is 0.235. The molecule has 0 spiro atoms. The van der Waals surface area contributed by atoms with E-state index >= 15 is 0 Å². The third-order valence-corrected chi connectivity index (χ3v) is 4.34. The Hall–Kier alpha value is -1.81. The highest BCUT2D eigenvalue weighted by molar-refractivity contribution is 9.08. The Bertz CT molecular complexity index is 836. The molecule has 3 rings (SSSR count). The van der Waals surface area contributed by atoms with E-state index in [4.69, 9.17) is 4.74 Å². The monoisotopic (exact) mass is 345 g/mol. The van der Waals surface area contributed by atoms with Crippen molar-refractivity contribution in [3.05, 3.63) is 47.7 Å². The number of halogens is 1. The first-order chi connectivity index (χ1) is 10.2. The SMILES string of the molecule is CCOC(=O)c1c(CBr)n(C)c2c1ccc1ccccc12. The summed E-state index contributed by atoms with van der Waals surface area (Å²) in [5.74, 6) is -0.257. The van der Waals surface area contributed by atoms with Crippen LogP contribution in [0.2, 0.25) is 0 Å². The molecule has 0 aliphatic heterocycles. The molecule has 0 bridgehead atoms. The summed E-state index contributed by atoms with van der Waals surface area (Å²) in [5.41, 5.74) is 2.68. The molecule has 3 aromatic rings. The van der Waals surface area contributed by atoms with Gasteiger partial charge in [-0.1, -0.05) is 52.3 Å². The molecule has 4 heteroatoms. The first kappa shape index (κ1) is 14.1. The lowest BCUT2D eigenvalue weighted by Crippen LogP contribution is -2.07. The number of nitrogens with zero attached hydrogens (tertiary/aromatic N) is 1. The van der Waals surface area contributed by atoms with Gasteiger partial charge in [0.05, 0.1) is 17.7 Å². The summed E-state index contributed by atoms with van der Waals surface area (Å²) in [4.78, 5) is 12.3. The maximum Gasteiger partial charge on any atom is 0.340 e. The van der Waals surface area contributed by atoms with Gasteiger partial charge in [0.25, 0.3) is 0 Å². The van der Waals surface area contributed by atoms with Crippen molar-refractivity contribution in [2.45, 2.75) is 12.3 Å². The number of fused-ring (bicyclic) bond motifs is 3. The Morgan fingerprint density at radius 1 is 1.19 bits per heavy atom. The molecule has 0 saturated heterocycles. The quantitative estimate of drug-likeness (QED) is 0.520. The molecule has 108 valence electrons. The third kappa shape index (κ3) is 2.14. The topological polar surface area (TPSA) is 31.2 Å². The van der Waals surface area contributed by atoms with E-state index in [1.54, 1.807) is 0 Å². The van der Waals surface area contributed by atoms with E-state index in [-0.39, 0.29) is 5.97 Å². The zero-order chi connectivity index (χ0) is 15.0. The van der Waals surface area contributed by atoms with Crippen molar-refractivity contribution in [3.63, 3.8) is 0 Å². The van der Waals surface area contributed by atoms with Crippen LogP contribution in [0.5, 0.6) is 0 Å². The summed E-state index contributed by atoms with van der Waals surface area (Å²) in [5, 5.41) is 3.88. The van der Waals surface area contributed by atoms with Gasteiger partial charge in [0.2, 0.25) is 0 Å². The third-order valence-electron chi connectivity index (χ3n) is 3.80. The van der Waals surface area contributed by atoms with Crippen molar-refractivity contribution >= 4 is 43.6 Å². The van der Waals surface area contributed by atoms with E-state index in [1.807, 2.05) is 32.2 Å². The van der Waals surface area contributed by atoms with E-state index in [0.717, 1.165) is 22.0 Å². The maximum atomic E-state index is 12.3. The van der Waals surface area contributed by atoms with E-state index < -0.39 is 0 Å². The molecular formula is C17H16BrNO2. The molecule has 21 heavy (non-hydrogen) atoms. The highest BCUT2D eigenvalue weighted by atomic mass is 79.9. The van der Waals surface area contributed by atoms with Gasteiger partial charge in [-0.3, -0.25) is 0 Å². The Morgan fingerprint density at radius 2 is 1.95 bits per heavy atom. The zero-order valence-electron chi connectivity index (χ0n) is 12.0.